The molecule has 0 aliphatic carbocycles. The average Bonchev–Trinajstić information content (AvgIpc) is 2.60. The first-order chi connectivity index (χ1) is 7.24. The van der Waals surface area contributed by atoms with Crippen LogP contribution in [0.5, 0.6) is 5.75 Å². The molecule has 0 aliphatic rings. The van der Waals surface area contributed by atoms with Gasteiger partial charge in [-0.25, -0.2) is 4.98 Å². The first kappa shape index (κ1) is 9.58. The van der Waals surface area contributed by atoms with E-state index in [4.69, 9.17) is 10.5 Å². The van der Waals surface area contributed by atoms with Crippen molar-refractivity contribution < 1.29 is 4.74 Å². The van der Waals surface area contributed by atoms with E-state index >= 15 is 0 Å². The van der Waals surface area contributed by atoms with Crippen LogP contribution in [0.1, 0.15) is 0 Å². The highest BCUT2D eigenvalue weighted by Crippen LogP contribution is 2.29. The van der Waals surface area contributed by atoms with Crippen LogP contribution in [-0.2, 0) is 7.05 Å². The van der Waals surface area contributed by atoms with Gasteiger partial charge < -0.3 is 15.0 Å². The summed E-state index contributed by atoms with van der Waals surface area (Å²) < 4.78 is 7.11. The fourth-order valence-electron chi connectivity index (χ4n) is 1.53. The maximum absolute atomic E-state index is 5.68. The Balaban J connectivity index is 2.58. The molecular weight excluding hydrogens is 190 g/mol. The minimum atomic E-state index is 0.496. The van der Waals surface area contributed by atoms with Gasteiger partial charge in [-0.05, 0) is 12.1 Å². The van der Waals surface area contributed by atoms with Gasteiger partial charge in [-0.15, -0.1) is 0 Å². The van der Waals surface area contributed by atoms with Crippen LogP contribution in [0.2, 0.25) is 0 Å². The Hall–Kier alpha value is -1.97. The summed E-state index contributed by atoms with van der Waals surface area (Å²) in [4.78, 5) is 4.05. The molecule has 1 aromatic carbocycles. The van der Waals surface area contributed by atoms with E-state index in [1.165, 1.54) is 0 Å². The van der Waals surface area contributed by atoms with Gasteiger partial charge in [-0.2, -0.15) is 0 Å². The van der Waals surface area contributed by atoms with Gasteiger partial charge in [0.1, 0.15) is 5.75 Å². The van der Waals surface area contributed by atoms with E-state index in [0.717, 1.165) is 17.0 Å². The van der Waals surface area contributed by atoms with Crippen molar-refractivity contribution in [3.8, 4) is 17.0 Å². The van der Waals surface area contributed by atoms with E-state index in [0.29, 0.717) is 5.95 Å². The molecule has 2 N–H and O–H groups in total. The zero-order valence-electron chi connectivity index (χ0n) is 8.77. The third-order valence-electron chi connectivity index (χ3n) is 2.41. The van der Waals surface area contributed by atoms with Crippen molar-refractivity contribution in [2.75, 3.05) is 12.8 Å². The lowest BCUT2D eigenvalue weighted by Gasteiger charge is -2.08. The number of hydrogen-bond acceptors (Lipinski definition) is 3. The Bertz CT molecular complexity index is 476. The van der Waals surface area contributed by atoms with Gasteiger partial charge in [0.2, 0.25) is 0 Å². The quantitative estimate of drug-likeness (QED) is 0.807. The predicted octanol–water partition coefficient (Wildman–Crippen LogP) is 1.68. The molecule has 0 radical (unpaired) electrons. The largest absolute Gasteiger partial charge is 0.496 e. The molecule has 4 heteroatoms. The summed E-state index contributed by atoms with van der Waals surface area (Å²) in [7, 11) is 3.53. The van der Waals surface area contributed by atoms with E-state index < -0.39 is 0 Å². The van der Waals surface area contributed by atoms with Gasteiger partial charge >= 0.3 is 0 Å². The molecule has 1 aromatic heterocycles. The monoisotopic (exact) mass is 203 g/mol. The number of anilines is 1. The molecule has 2 aromatic rings. The lowest BCUT2D eigenvalue weighted by molar-refractivity contribution is 0.416. The van der Waals surface area contributed by atoms with Crippen LogP contribution in [0.4, 0.5) is 5.95 Å². The van der Waals surface area contributed by atoms with E-state index in [1.54, 1.807) is 13.3 Å². The average molecular weight is 203 g/mol. The molecule has 0 amide bonds. The number of nitrogens with zero attached hydrogens (tertiary/aromatic N) is 2. The summed E-state index contributed by atoms with van der Waals surface area (Å²) in [6.07, 6.45) is 1.74. The summed E-state index contributed by atoms with van der Waals surface area (Å²) in [5, 5.41) is 0. The molecular formula is C11H13N3O. The molecule has 1 heterocycles. The van der Waals surface area contributed by atoms with Crippen molar-refractivity contribution >= 4 is 5.95 Å². The van der Waals surface area contributed by atoms with Crippen molar-refractivity contribution in [1.82, 2.24) is 9.55 Å². The molecule has 0 saturated heterocycles. The molecule has 0 unspecified atom stereocenters. The number of aromatic nitrogens is 2. The highest BCUT2D eigenvalue weighted by molar-refractivity contribution is 5.68. The summed E-state index contributed by atoms with van der Waals surface area (Å²) in [6.45, 7) is 0. The van der Waals surface area contributed by atoms with Crippen LogP contribution < -0.4 is 10.5 Å². The smallest absolute Gasteiger partial charge is 0.200 e. The lowest BCUT2D eigenvalue weighted by Crippen LogP contribution is -1.99. The fraction of sp³-hybridized carbons (Fsp3) is 0.182. The number of ether oxygens (including phenoxy) is 1. The first-order valence-electron chi connectivity index (χ1n) is 4.64. The second kappa shape index (κ2) is 3.65. The van der Waals surface area contributed by atoms with Crippen LogP contribution in [0.3, 0.4) is 0 Å². The van der Waals surface area contributed by atoms with Crippen LogP contribution in [0.25, 0.3) is 11.3 Å². The maximum atomic E-state index is 5.68. The van der Waals surface area contributed by atoms with E-state index in [9.17, 15) is 0 Å². The number of nitrogen functional groups attached to an aromatic ring is 1. The predicted molar refractivity (Wildman–Crippen MR) is 59.6 cm³/mol. The number of para-hydroxylation sites is 1. The zero-order valence-corrected chi connectivity index (χ0v) is 8.77. The topological polar surface area (TPSA) is 53.1 Å². The summed E-state index contributed by atoms with van der Waals surface area (Å²) >= 11 is 0. The molecule has 0 bridgehead atoms. The standard InChI is InChI=1S/C11H13N3O/c1-14-9(7-13-11(14)12)8-5-3-4-6-10(8)15-2/h3-7H,1-2H3,(H2,12,13). The number of hydrogen-bond donors (Lipinski definition) is 1. The van der Waals surface area contributed by atoms with Gasteiger partial charge in [0.15, 0.2) is 5.95 Å². The molecule has 0 aliphatic heterocycles. The molecule has 2 rings (SSSR count). The third-order valence-corrected chi connectivity index (χ3v) is 2.41. The zero-order chi connectivity index (χ0) is 10.8. The van der Waals surface area contributed by atoms with Gasteiger partial charge in [0, 0.05) is 12.6 Å². The molecule has 0 fully saturated rings. The van der Waals surface area contributed by atoms with Crippen LogP contribution in [-0.4, -0.2) is 16.7 Å². The Morgan fingerprint density at radius 2 is 2.07 bits per heavy atom. The lowest BCUT2D eigenvalue weighted by atomic mass is 10.1. The number of nitrogens with two attached hydrogens (primary N) is 1. The van der Waals surface area contributed by atoms with Crippen molar-refractivity contribution in [2.45, 2.75) is 0 Å². The van der Waals surface area contributed by atoms with Gasteiger partial charge in [-0.1, -0.05) is 12.1 Å². The maximum Gasteiger partial charge on any atom is 0.200 e. The van der Waals surface area contributed by atoms with Gasteiger partial charge in [0.05, 0.1) is 19.0 Å². The summed E-state index contributed by atoms with van der Waals surface area (Å²) in [6, 6.07) is 7.79. The highest BCUT2D eigenvalue weighted by Gasteiger charge is 2.10. The van der Waals surface area contributed by atoms with Crippen LogP contribution in [0.15, 0.2) is 30.5 Å². The molecule has 0 atom stereocenters. The number of imidazole rings is 1. The molecule has 78 valence electrons. The minimum Gasteiger partial charge on any atom is -0.496 e. The van der Waals surface area contributed by atoms with Crippen LogP contribution in [0, 0.1) is 0 Å². The van der Waals surface area contributed by atoms with Crippen molar-refractivity contribution in [3.05, 3.63) is 30.5 Å². The van der Waals surface area contributed by atoms with Crippen molar-refractivity contribution in [3.63, 3.8) is 0 Å². The normalized spacial score (nSPS) is 10.3. The highest BCUT2D eigenvalue weighted by atomic mass is 16.5. The molecule has 4 nitrogen and oxygen atoms in total. The molecule has 0 saturated carbocycles. The Labute approximate surface area is 88.3 Å². The fourth-order valence-corrected chi connectivity index (χ4v) is 1.53. The minimum absolute atomic E-state index is 0.496. The molecule has 15 heavy (non-hydrogen) atoms. The van der Waals surface area contributed by atoms with Gasteiger partial charge in [-0.3, -0.25) is 0 Å². The van der Waals surface area contributed by atoms with Crippen molar-refractivity contribution in [2.24, 2.45) is 7.05 Å². The SMILES string of the molecule is COc1ccccc1-c1cnc(N)n1C. The summed E-state index contributed by atoms with van der Waals surface area (Å²) in [5.41, 5.74) is 7.62. The van der Waals surface area contributed by atoms with E-state index in [-0.39, 0.29) is 0 Å². The van der Waals surface area contributed by atoms with Crippen molar-refractivity contribution in [1.29, 1.82) is 0 Å². The number of methoxy groups -OCH3 is 1. The first-order valence-corrected chi connectivity index (χ1v) is 4.64. The Morgan fingerprint density at radius 3 is 2.67 bits per heavy atom. The Kier molecular flexibility index (Phi) is 2.33. The second-order valence-corrected chi connectivity index (χ2v) is 3.26. The van der Waals surface area contributed by atoms with E-state index in [1.807, 2.05) is 35.9 Å². The van der Waals surface area contributed by atoms with Gasteiger partial charge in [0.25, 0.3) is 0 Å². The molecule has 0 spiro atoms. The number of rotatable bonds is 2. The van der Waals surface area contributed by atoms with Crippen LogP contribution >= 0.6 is 0 Å². The number of benzene rings is 1. The second-order valence-electron chi connectivity index (χ2n) is 3.26. The third kappa shape index (κ3) is 1.54. The Morgan fingerprint density at radius 1 is 1.33 bits per heavy atom. The van der Waals surface area contributed by atoms with E-state index in [2.05, 4.69) is 4.98 Å². The summed E-state index contributed by atoms with van der Waals surface area (Å²) in [5.74, 6) is 1.32.